The second kappa shape index (κ2) is 6.50. The predicted molar refractivity (Wildman–Crippen MR) is 75.0 cm³/mol. The SMILES string of the molecule is Cc1ccc(OCCc2cccnc2)c(CBr)n1. The molecule has 0 saturated carbocycles. The van der Waals surface area contributed by atoms with Crippen LogP contribution in [-0.4, -0.2) is 16.6 Å². The summed E-state index contributed by atoms with van der Waals surface area (Å²) in [5.41, 5.74) is 3.13. The number of halogens is 1. The average Bonchev–Trinajstić information content (AvgIpc) is 2.41. The van der Waals surface area contributed by atoms with Crippen LogP contribution in [0.1, 0.15) is 17.0 Å². The van der Waals surface area contributed by atoms with E-state index in [4.69, 9.17) is 4.74 Å². The number of pyridine rings is 2. The van der Waals surface area contributed by atoms with E-state index in [0.717, 1.165) is 23.6 Å². The van der Waals surface area contributed by atoms with Crippen molar-refractivity contribution < 1.29 is 4.74 Å². The van der Waals surface area contributed by atoms with Crippen molar-refractivity contribution in [2.45, 2.75) is 18.7 Å². The molecule has 3 nitrogen and oxygen atoms in total. The van der Waals surface area contributed by atoms with Crippen molar-refractivity contribution in [1.82, 2.24) is 9.97 Å². The van der Waals surface area contributed by atoms with E-state index in [1.54, 1.807) is 6.20 Å². The molecule has 0 aromatic carbocycles. The zero-order valence-electron chi connectivity index (χ0n) is 10.3. The molecule has 94 valence electrons. The van der Waals surface area contributed by atoms with Gasteiger partial charge in [-0.15, -0.1) is 0 Å². The van der Waals surface area contributed by atoms with E-state index < -0.39 is 0 Å². The third-order valence-corrected chi connectivity index (χ3v) is 3.10. The van der Waals surface area contributed by atoms with E-state index in [2.05, 4.69) is 32.0 Å². The smallest absolute Gasteiger partial charge is 0.141 e. The molecule has 0 fully saturated rings. The summed E-state index contributed by atoms with van der Waals surface area (Å²) in [6, 6.07) is 7.93. The third kappa shape index (κ3) is 3.53. The van der Waals surface area contributed by atoms with Gasteiger partial charge in [0.2, 0.25) is 0 Å². The Morgan fingerprint density at radius 2 is 2.17 bits per heavy atom. The molecule has 2 aromatic heterocycles. The van der Waals surface area contributed by atoms with E-state index in [1.165, 1.54) is 5.56 Å². The van der Waals surface area contributed by atoms with Gasteiger partial charge in [0, 0.05) is 29.8 Å². The number of rotatable bonds is 5. The summed E-state index contributed by atoms with van der Waals surface area (Å²) >= 11 is 3.43. The minimum absolute atomic E-state index is 0.635. The van der Waals surface area contributed by atoms with Crippen molar-refractivity contribution in [2.75, 3.05) is 6.61 Å². The zero-order chi connectivity index (χ0) is 12.8. The van der Waals surface area contributed by atoms with E-state index in [-0.39, 0.29) is 0 Å². The first-order valence-corrected chi connectivity index (χ1v) is 6.96. The fourth-order valence-electron chi connectivity index (χ4n) is 1.65. The Bertz CT molecular complexity index is 502. The van der Waals surface area contributed by atoms with Gasteiger partial charge in [-0.1, -0.05) is 22.0 Å². The Balaban J connectivity index is 1.94. The molecular formula is C14H15BrN2O. The van der Waals surface area contributed by atoms with Crippen LogP contribution in [0.5, 0.6) is 5.75 Å². The lowest BCUT2D eigenvalue weighted by molar-refractivity contribution is 0.317. The number of nitrogens with zero attached hydrogens (tertiary/aromatic N) is 2. The van der Waals surface area contributed by atoms with Gasteiger partial charge in [0.15, 0.2) is 0 Å². The highest BCUT2D eigenvalue weighted by molar-refractivity contribution is 9.08. The van der Waals surface area contributed by atoms with Crippen molar-refractivity contribution in [3.63, 3.8) is 0 Å². The lowest BCUT2D eigenvalue weighted by Gasteiger charge is -2.09. The molecule has 0 amide bonds. The summed E-state index contributed by atoms with van der Waals surface area (Å²) in [6.45, 7) is 2.61. The van der Waals surface area contributed by atoms with Gasteiger partial charge < -0.3 is 4.74 Å². The Morgan fingerprint density at radius 1 is 1.28 bits per heavy atom. The molecule has 0 saturated heterocycles. The van der Waals surface area contributed by atoms with Gasteiger partial charge in [-0.25, -0.2) is 0 Å². The van der Waals surface area contributed by atoms with Gasteiger partial charge in [-0.2, -0.15) is 0 Å². The topological polar surface area (TPSA) is 35.0 Å². The molecule has 2 aromatic rings. The molecule has 2 heterocycles. The van der Waals surface area contributed by atoms with Gasteiger partial charge in [0.25, 0.3) is 0 Å². The maximum Gasteiger partial charge on any atom is 0.141 e. The first kappa shape index (κ1) is 13.0. The molecule has 0 aliphatic rings. The Hall–Kier alpha value is -1.42. The highest BCUT2D eigenvalue weighted by Gasteiger charge is 2.04. The zero-order valence-corrected chi connectivity index (χ0v) is 11.9. The highest BCUT2D eigenvalue weighted by atomic mass is 79.9. The molecule has 0 N–H and O–H groups in total. The van der Waals surface area contributed by atoms with E-state index in [1.807, 2.05) is 31.3 Å². The van der Waals surface area contributed by atoms with Crippen LogP contribution in [-0.2, 0) is 11.8 Å². The number of alkyl halides is 1. The molecule has 0 spiro atoms. The standard InChI is InChI=1S/C14H15BrN2O/c1-11-4-5-14(13(9-15)17-11)18-8-6-12-3-2-7-16-10-12/h2-5,7,10H,6,8-9H2,1H3. The fourth-order valence-corrected chi connectivity index (χ4v) is 2.05. The Labute approximate surface area is 115 Å². The molecule has 0 aliphatic heterocycles. The molecule has 0 radical (unpaired) electrons. The number of aromatic nitrogens is 2. The monoisotopic (exact) mass is 306 g/mol. The highest BCUT2D eigenvalue weighted by Crippen LogP contribution is 2.19. The predicted octanol–water partition coefficient (Wildman–Crippen LogP) is 3.30. The van der Waals surface area contributed by atoms with Crippen molar-refractivity contribution in [3.05, 3.63) is 53.6 Å². The van der Waals surface area contributed by atoms with Gasteiger partial charge in [-0.05, 0) is 30.7 Å². The summed E-state index contributed by atoms with van der Waals surface area (Å²) in [7, 11) is 0. The maximum absolute atomic E-state index is 5.77. The summed E-state index contributed by atoms with van der Waals surface area (Å²) in [4.78, 5) is 8.51. The second-order valence-corrected chi connectivity index (χ2v) is 4.55. The molecule has 4 heteroatoms. The van der Waals surface area contributed by atoms with Crippen molar-refractivity contribution in [2.24, 2.45) is 0 Å². The van der Waals surface area contributed by atoms with Gasteiger partial charge in [0.05, 0.1) is 12.3 Å². The number of hydrogen-bond acceptors (Lipinski definition) is 3. The lowest BCUT2D eigenvalue weighted by atomic mass is 10.2. The van der Waals surface area contributed by atoms with Crippen LogP contribution >= 0.6 is 15.9 Å². The second-order valence-electron chi connectivity index (χ2n) is 3.99. The summed E-state index contributed by atoms with van der Waals surface area (Å²) < 4.78 is 5.77. The molecule has 0 atom stereocenters. The minimum atomic E-state index is 0.635. The Kier molecular flexibility index (Phi) is 4.70. The molecule has 18 heavy (non-hydrogen) atoms. The average molecular weight is 307 g/mol. The van der Waals surface area contributed by atoms with Crippen LogP contribution in [0.15, 0.2) is 36.7 Å². The van der Waals surface area contributed by atoms with Crippen molar-refractivity contribution in [3.8, 4) is 5.75 Å². The lowest BCUT2D eigenvalue weighted by Crippen LogP contribution is -2.04. The first-order valence-electron chi connectivity index (χ1n) is 5.84. The van der Waals surface area contributed by atoms with Crippen LogP contribution in [0.2, 0.25) is 0 Å². The fraction of sp³-hybridized carbons (Fsp3) is 0.286. The number of hydrogen-bond donors (Lipinski definition) is 0. The summed E-state index contributed by atoms with van der Waals surface area (Å²) in [6.07, 6.45) is 4.49. The molecule has 0 aliphatic carbocycles. The van der Waals surface area contributed by atoms with Crippen molar-refractivity contribution >= 4 is 15.9 Å². The van der Waals surface area contributed by atoms with E-state index >= 15 is 0 Å². The van der Waals surface area contributed by atoms with Crippen LogP contribution < -0.4 is 4.74 Å². The van der Waals surface area contributed by atoms with Gasteiger partial charge in [-0.3, -0.25) is 9.97 Å². The van der Waals surface area contributed by atoms with Crippen LogP contribution in [0.25, 0.3) is 0 Å². The van der Waals surface area contributed by atoms with Crippen molar-refractivity contribution in [1.29, 1.82) is 0 Å². The molecule has 2 rings (SSSR count). The minimum Gasteiger partial charge on any atom is -0.491 e. The van der Waals surface area contributed by atoms with Crippen LogP contribution in [0.3, 0.4) is 0 Å². The number of aryl methyl sites for hydroxylation is 1. The maximum atomic E-state index is 5.77. The summed E-state index contributed by atoms with van der Waals surface area (Å²) in [5.74, 6) is 0.848. The van der Waals surface area contributed by atoms with E-state index in [9.17, 15) is 0 Å². The van der Waals surface area contributed by atoms with Crippen LogP contribution in [0, 0.1) is 6.92 Å². The Morgan fingerprint density at radius 3 is 2.89 bits per heavy atom. The molecule has 0 bridgehead atoms. The van der Waals surface area contributed by atoms with E-state index in [0.29, 0.717) is 11.9 Å². The first-order chi connectivity index (χ1) is 8.79. The van der Waals surface area contributed by atoms with Gasteiger partial charge in [0.1, 0.15) is 5.75 Å². The third-order valence-electron chi connectivity index (χ3n) is 2.57. The largest absolute Gasteiger partial charge is 0.491 e. The van der Waals surface area contributed by atoms with Gasteiger partial charge >= 0.3 is 0 Å². The summed E-state index contributed by atoms with van der Waals surface area (Å²) in [5, 5.41) is 0.705. The van der Waals surface area contributed by atoms with Crippen LogP contribution in [0.4, 0.5) is 0 Å². The quantitative estimate of drug-likeness (QED) is 0.795. The number of ether oxygens (including phenoxy) is 1. The molecular weight excluding hydrogens is 292 g/mol. The normalized spacial score (nSPS) is 10.3. The molecule has 0 unspecified atom stereocenters.